The average Bonchev–Trinajstić information content (AvgIpc) is 3.53. The Morgan fingerprint density at radius 1 is 1.08 bits per heavy atom. The predicted molar refractivity (Wildman–Crippen MR) is 134 cm³/mol. The van der Waals surface area contributed by atoms with Gasteiger partial charge in [-0.25, -0.2) is 0 Å². The zero-order valence-corrected chi connectivity index (χ0v) is 20.3. The van der Waals surface area contributed by atoms with Crippen LogP contribution < -0.4 is 9.64 Å². The van der Waals surface area contributed by atoms with Crippen LogP contribution in [0.3, 0.4) is 0 Å². The van der Waals surface area contributed by atoms with Crippen LogP contribution in [0.1, 0.15) is 41.4 Å². The molecule has 0 spiro atoms. The van der Waals surface area contributed by atoms with Crippen LogP contribution in [0.15, 0.2) is 77.4 Å². The second-order valence-electron chi connectivity index (χ2n) is 8.89. The molecule has 4 atom stereocenters. The Morgan fingerprint density at radius 2 is 1.84 bits per heavy atom. The number of nitrogens with zero attached hydrogens (tertiary/aromatic N) is 2. The summed E-state index contributed by atoms with van der Waals surface area (Å²) in [5, 5.41) is 10.6. The number of fused-ring (bicyclic) bond motifs is 3. The molecule has 0 radical (unpaired) electrons. The van der Waals surface area contributed by atoms with Crippen molar-refractivity contribution in [2.75, 3.05) is 11.5 Å². The molecule has 8 nitrogen and oxygen atoms in total. The highest BCUT2D eigenvalue weighted by atomic mass is 16.5. The molecule has 4 unspecified atom stereocenters. The summed E-state index contributed by atoms with van der Waals surface area (Å²) < 4.78 is 16.3. The molecule has 1 aromatic heterocycles. The summed E-state index contributed by atoms with van der Waals surface area (Å²) in [6.07, 6.45) is 5.11. The number of hydrogen-bond acceptors (Lipinski definition) is 8. The van der Waals surface area contributed by atoms with Gasteiger partial charge in [0.25, 0.3) is 0 Å². The minimum absolute atomic E-state index is 0.0797. The molecule has 3 aromatic rings. The Labute approximate surface area is 213 Å². The van der Waals surface area contributed by atoms with E-state index in [0.717, 1.165) is 11.3 Å². The van der Waals surface area contributed by atoms with Gasteiger partial charge < -0.3 is 18.8 Å². The Hall–Kier alpha value is -4.64. The number of para-hydroxylation sites is 1. The van der Waals surface area contributed by atoms with Gasteiger partial charge in [-0.05, 0) is 55.0 Å². The quantitative estimate of drug-likeness (QED) is 0.278. The molecule has 3 heterocycles. The lowest BCUT2D eigenvalue weighted by Gasteiger charge is -2.36. The van der Waals surface area contributed by atoms with Crippen molar-refractivity contribution in [3.63, 3.8) is 0 Å². The van der Waals surface area contributed by atoms with Crippen LogP contribution in [-0.2, 0) is 14.3 Å². The summed E-state index contributed by atoms with van der Waals surface area (Å²) in [5.41, 5.74) is 0.164. The number of furan rings is 1. The van der Waals surface area contributed by atoms with E-state index in [1.165, 1.54) is 25.3 Å². The monoisotopic (exact) mass is 496 g/mol. The van der Waals surface area contributed by atoms with Gasteiger partial charge in [-0.3, -0.25) is 14.4 Å². The van der Waals surface area contributed by atoms with Crippen LogP contribution in [0.25, 0.3) is 6.08 Å². The molecule has 0 N–H and O–H groups in total. The van der Waals surface area contributed by atoms with Crippen LogP contribution in [-0.4, -0.2) is 36.4 Å². The molecule has 186 valence electrons. The molecular weight excluding hydrogens is 472 g/mol. The predicted octanol–water partition coefficient (Wildman–Crippen LogP) is 4.53. The first-order valence-corrected chi connectivity index (χ1v) is 11.9. The number of benzene rings is 2. The van der Waals surface area contributed by atoms with E-state index in [0.29, 0.717) is 17.1 Å². The van der Waals surface area contributed by atoms with Gasteiger partial charge in [0.05, 0.1) is 30.9 Å². The smallest absolute Gasteiger partial charge is 0.329 e. The van der Waals surface area contributed by atoms with E-state index in [2.05, 4.69) is 6.07 Å². The first-order valence-electron chi connectivity index (χ1n) is 11.9. The normalized spacial score (nSPS) is 23.5. The molecule has 1 saturated heterocycles. The van der Waals surface area contributed by atoms with E-state index in [1.54, 1.807) is 37.3 Å². The second kappa shape index (κ2) is 9.43. The number of carbonyl (C=O) groups excluding carboxylic acids is 3. The summed E-state index contributed by atoms with van der Waals surface area (Å²) in [7, 11) is 0. The van der Waals surface area contributed by atoms with E-state index in [1.807, 2.05) is 35.2 Å². The lowest BCUT2D eigenvalue weighted by molar-refractivity contribution is -0.152. The second-order valence-corrected chi connectivity index (χ2v) is 8.89. The molecule has 1 fully saturated rings. The van der Waals surface area contributed by atoms with E-state index in [4.69, 9.17) is 13.9 Å². The number of ether oxygens (including phenoxy) is 2. The molecule has 8 heteroatoms. The highest BCUT2D eigenvalue weighted by Crippen LogP contribution is 2.56. The van der Waals surface area contributed by atoms with Crippen molar-refractivity contribution < 1.29 is 28.3 Å². The average molecular weight is 497 g/mol. The molecule has 2 aliphatic rings. The standard InChI is InChI=1S/C29H24N2O6/c1-3-35-28(34)29(17-30)24-15-12-19-7-4-5-8-22(19)31(24)26(25(29)23-9-6-16-36-23)27(33)20-10-13-21(14-11-20)37-18(2)32/h4-16,24-26H,3H2,1-2H3. The van der Waals surface area contributed by atoms with Crippen molar-refractivity contribution >= 4 is 29.5 Å². The molecule has 0 bridgehead atoms. The lowest BCUT2D eigenvalue weighted by atomic mass is 9.70. The van der Waals surface area contributed by atoms with Crippen molar-refractivity contribution in [1.82, 2.24) is 0 Å². The maximum absolute atomic E-state index is 14.3. The molecule has 37 heavy (non-hydrogen) atoms. The van der Waals surface area contributed by atoms with Crippen LogP contribution in [0.2, 0.25) is 0 Å². The number of ketones is 1. The Morgan fingerprint density at radius 3 is 2.49 bits per heavy atom. The van der Waals surface area contributed by atoms with Gasteiger partial charge in [-0.2, -0.15) is 5.26 Å². The van der Waals surface area contributed by atoms with Gasteiger partial charge in [-0.1, -0.05) is 30.4 Å². The first-order chi connectivity index (χ1) is 17.9. The maximum atomic E-state index is 14.3. The zero-order valence-electron chi connectivity index (χ0n) is 20.3. The van der Waals surface area contributed by atoms with Gasteiger partial charge >= 0.3 is 11.9 Å². The Balaban J connectivity index is 1.71. The maximum Gasteiger partial charge on any atom is 0.329 e. The molecule has 0 saturated carbocycles. The van der Waals surface area contributed by atoms with Crippen molar-refractivity contribution in [3.05, 3.63) is 89.9 Å². The minimum atomic E-state index is -1.75. The fraction of sp³-hybridized carbons (Fsp3) is 0.241. The van der Waals surface area contributed by atoms with Crippen LogP contribution in [0, 0.1) is 16.7 Å². The molecule has 0 aliphatic carbocycles. The summed E-state index contributed by atoms with van der Waals surface area (Å²) in [6, 6.07) is 17.6. The number of Topliss-reactive ketones (excluding diaryl/α,β-unsaturated/α-hetero) is 1. The fourth-order valence-corrected chi connectivity index (χ4v) is 5.42. The van der Waals surface area contributed by atoms with Crippen LogP contribution in [0.5, 0.6) is 5.75 Å². The van der Waals surface area contributed by atoms with E-state index >= 15 is 0 Å². The third-order valence-corrected chi connectivity index (χ3v) is 6.86. The van der Waals surface area contributed by atoms with Crippen molar-refractivity contribution in [1.29, 1.82) is 5.26 Å². The van der Waals surface area contributed by atoms with Crippen molar-refractivity contribution in [2.24, 2.45) is 5.41 Å². The number of carbonyl (C=O) groups is 3. The highest BCUT2D eigenvalue weighted by Gasteiger charge is 2.68. The van der Waals surface area contributed by atoms with Crippen LogP contribution in [0.4, 0.5) is 5.69 Å². The summed E-state index contributed by atoms with van der Waals surface area (Å²) in [6.45, 7) is 3.05. The number of anilines is 1. The van der Waals surface area contributed by atoms with Crippen molar-refractivity contribution in [2.45, 2.75) is 31.8 Å². The van der Waals surface area contributed by atoms with E-state index < -0.39 is 35.4 Å². The van der Waals surface area contributed by atoms with Crippen molar-refractivity contribution in [3.8, 4) is 11.8 Å². The number of nitriles is 1. The van der Waals surface area contributed by atoms with E-state index in [-0.39, 0.29) is 12.4 Å². The lowest BCUT2D eigenvalue weighted by Crippen LogP contribution is -2.47. The number of esters is 2. The summed E-state index contributed by atoms with van der Waals surface area (Å²) >= 11 is 0. The first kappa shape index (κ1) is 24.1. The van der Waals surface area contributed by atoms with Gasteiger partial charge in [0.15, 0.2) is 11.2 Å². The third kappa shape index (κ3) is 3.80. The molecule has 2 aromatic carbocycles. The Bertz CT molecular complexity index is 1420. The van der Waals surface area contributed by atoms with Gasteiger partial charge in [-0.15, -0.1) is 0 Å². The number of hydrogen-bond donors (Lipinski definition) is 0. The van der Waals surface area contributed by atoms with Crippen LogP contribution >= 0.6 is 0 Å². The largest absolute Gasteiger partial charge is 0.469 e. The summed E-state index contributed by atoms with van der Waals surface area (Å²) in [5.74, 6) is -1.82. The zero-order chi connectivity index (χ0) is 26.2. The third-order valence-electron chi connectivity index (χ3n) is 6.86. The highest BCUT2D eigenvalue weighted by molar-refractivity contribution is 6.06. The molecule has 5 rings (SSSR count). The molecular formula is C29H24N2O6. The van der Waals surface area contributed by atoms with Gasteiger partial charge in [0, 0.05) is 18.2 Å². The topological polar surface area (TPSA) is 110 Å². The van der Waals surface area contributed by atoms with Gasteiger partial charge in [0.2, 0.25) is 0 Å². The minimum Gasteiger partial charge on any atom is -0.469 e. The molecule has 2 aliphatic heterocycles. The summed E-state index contributed by atoms with van der Waals surface area (Å²) in [4.78, 5) is 41.0. The Kier molecular flexibility index (Phi) is 6.14. The molecule has 0 amide bonds. The SMILES string of the molecule is CCOC(=O)C1(C#N)C(c2ccco2)C(C(=O)c2ccc(OC(C)=O)cc2)N2c3ccccc3C=CC21. The van der Waals surface area contributed by atoms with Gasteiger partial charge in [0.1, 0.15) is 17.6 Å². The fourth-order valence-electron chi connectivity index (χ4n) is 5.42. The van der Waals surface area contributed by atoms with E-state index in [9.17, 15) is 19.6 Å². The number of rotatable bonds is 6.